The highest BCUT2D eigenvalue weighted by molar-refractivity contribution is 6.30. The molecule has 1 unspecified atom stereocenters. The molecule has 1 saturated heterocycles. The Morgan fingerprint density at radius 2 is 2.35 bits per heavy atom. The zero-order chi connectivity index (χ0) is 14.5. The van der Waals surface area contributed by atoms with Gasteiger partial charge in [0.1, 0.15) is 11.9 Å². The molecule has 0 N–H and O–H groups in total. The number of ketones is 1. The van der Waals surface area contributed by atoms with Crippen molar-refractivity contribution in [1.82, 2.24) is 4.90 Å². The SMILES string of the molecule is CCCN1CCOC(C(=O)Cc2cc(Cl)ccc2F)C1. The van der Waals surface area contributed by atoms with Crippen LogP contribution in [0.2, 0.25) is 5.02 Å². The lowest BCUT2D eigenvalue weighted by Gasteiger charge is -2.31. The summed E-state index contributed by atoms with van der Waals surface area (Å²) in [4.78, 5) is 14.4. The van der Waals surface area contributed by atoms with E-state index in [9.17, 15) is 9.18 Å². The molecule has 20 heavy (non-hydrogen) atoms. The molecule has 0 saturated carbocycles. The molecule has 1 aliphatic rings. The van der Waals surface area contributed by atoms with Gasteiger partial charge in [-0.15, -0.1) is 0 Å². The summed E-state index contributed by atoms with van der Waals surface area (Å²) >= 11 is 5.83. The number of rotatable bonds is 5. The Bertz CT molecular complexity index is 479. The van der Waals surface area contributed by atoms with Crippen LogP contribution in [0.1, 0.15) is 18.9 Å². The zero-order valence-corrected chi connectivity index (χ0v) is 12.3. The Hall–Kier alpha value is -0.970. The van der Waals surface area contributed by atoms with Gasteiger partial charge in [-0.1, -0.05) is 18.5 Å². The van der Waals surface area contributed by atoms with Crippen LogP contribution in [0, 0.1) is 5.82 Å². The molecule has 1 aliphatic heterocycles. The summed E-state index contributed by atoms with van der Waals surface area (Å²) in [7, 11) is 0. The van der Waals surface area contributed by atoms with Gasteiger partial charge in [-0.05, 0) is 36.7 Å². The van der Waals surface area contributed by atoms with Gasteiger partial charge < -0.3 is 4.74 Å². The molecule has 0 amide bonds. The van der Waals surface area contributed by atoms with Crippen molar-refractivity contribution < 1.29 is 13.9 Å². The minimum absolute atomic E-state index is 0.0248. The van der Waals surface area contributed by atoms with Crippen molar-refractivity contribution in [2.45, 2.75) is 25.9 Å². The minimum Gasteiger partial charge on any atom is -0.368 e. The van der Waals surface area contributed by atoms with Gasteiger partial charge in [0.05, 0.1) is 6.61 Å². The van der Waals surface area contributed by atoms with Gasteiger partial charge >= 0.3 is 0 Å². The van der Waals surface area contributed by atoms with Crippen molar-refractivity contribution in [1.29, 1.82) is 0 Å². The van der Waals surface area contributed by atoms with Crippen LogP contribution in [-0.4, -0.2) is 43.0 Å². The van der Waals surface area contributed by atoms with E-state index in [-0.39, 0.29) is 12.2 Å². The first kappa shape index (κ1) is 15.4. The number of carbonyl (C=O) groups is 1. The summed E-state index contributed by atoms with van der Waals surface area (Å²) in [5, 5.41) is 0.436. The van der Waals surface area contributed by atoms with Crippen molar-refractivity contribution in [2.24, 2.45) is 0 Å². The molecule has 1 aromatic carbocycles. The lowest BCUT2D eigenvalue weighted by molar-refractivity contribution is -0.135. The summed E-state index contributed by atoms with van der Waals surface area (Å²) in [6.45, 7) is 5.05. The first-order valence-corrected chi connectivity index (χ1v) is 7.28. The van der Waals surface area contributed by atoms with Gasteiger partial charge in [0.25, 0.3) is 0 Å². The predicted octanol–water partition coefficient (Wildman–Crippen LogP) is 2.70. The largest absolute Gasteiger partial charge is 0.368 e. The fraction of sp³-hybridized carbons (Fsp3) is 0.533. The number of benzene rings is 1. The Morgan fingerprint density at radius 1 is 1.55 bits per heavy atom. The van der Waals surface area contributed by atoms with Gasteiger partial charge in [-0.3, -0.25) is 9.69 Å². The van der Waals surface area contributed by atoms with E-state index in [0.29, 0.717) is 23.7 Å². The molecule has 2 rings (SSSR count). The van der Waals surface area contributed by atoms with Gasteiger partial charge in [0.2, 0.25) is 0 Å². The molecule has 5 heteroatoms. The van der Waals surface area contributed by atoms with Crippen LogP contribution >= 0.6 is 11.6 Å². The molecular formula is C15H19ClFNO2. The Morgan fingerprint density at radius 3 is 3.10 bits per heavy atom. The molecule has 1 aromatic rings. The summed E-state index contributed by atoms with van der Waals surface area (Å²) < 4.78 is 19.1. The maximum absolute atomic E-state index is 13.6. The molecule has 1 atom stereocenters. The molecule has 1 fully saturated rings. The fourth-order valence-electron chi connectivity index (χ4n) is 2.40. The van der Waals surface area contributed by atoms with Crippen LogP contribution in [0.4, 0.5) is 4.39 Å². The topological polar surface area (TPSA) is 29.5 Å². The van der Waals surface area contributed by atoms with E-state index >= 15 is 0 Å². The highest BCUT2D eigenvalue weighted by Crippen LogP contribution is 2.17. The number of Topliss-reactive ketones (excluding diaryl/α,β-unsaturated/α-hetero) is 1. The van der Waals surface area contributed by atoms with Crippen molar-refractivity contribution in [3.05, 3.63) is 34.6 Å². The summed E-state index contributed by atoms with van der Waals surface area (Å²) in [6, 6.07) is 4.27. The first-order chi connectivity index (χ1) is 9.60. The predicted molar refractivity (Wildman–Crippen MR) is 76.6 cm³/mol. The number of nitrogens with zero attached hydrogens (tertiary/aromatic N) is 1. The minimum atomic E-state index is -0.464. The molecule has 0 bridgehead atoms. The highest BCUT2D eigenvalue weighted by Gasteiger charge is 2.26. The van der Waals surface area contributed by atoms with E-state index in [1.165, 1.54) is 18.2 Å². The van der Waals surface area contributed by atoms with Crippen molar-refractivity contribution in [2.75, 3.05) is 26.2 Å². The maximum atomic E-state index is 13.6. The van der Waals surface area contributed by atoms with E-state index in [1.54, 1.807) is 0 Å². The number of carbonyl (C=O) groups excluding carboxylic acids is 1. The van der Waals surface area contributed by atoms with E-state index in [4.69, 9.17) is 16.3 Å². The van der Waals surface area contributed by atoms with E-state index in [0.717, 1.165) is 19.5 Å². The molecule has 0 spiro atoms. The summed E-state index contributed by atoms with van der Waals surface area (Å²) in [6.07, 6.45) is 0.606. The van der Waals surface area contributed by atoms with Crippen LogP contribution < -0.4 is 0 Å². The monoisotopic (exact) mass is 299 g/mol. The maximum Gasteiger partial charge on any atom is 0.167 e. The highest BCUT2D eigenvalue weighted by atomic mass is 35.5. The van der Waals surface area contributed by atoms with Crippen LogP contribution in [0.25, 0.3) is 0 Å². The van der Waals surface area contributed by atoms with E-state index in [1.807, 2.05) is 0 Å². The lowest BCUT2D eigenvalue weighted by Crippen LogP contribution is -2.46. The molecule has 3 nitrogen and oxygen atoms in total. The fourth-order valence-corrected chi connectivity index (χ4v) is 2.59. The first-order valence-electron chi connectivity index (χ1n) is 6.90. The van der Waals surface area contributed by atoms with Crippen molar-refractivity contribution in [3.63, 3.8) is 0 Å². The van der Waals surface area contributed by atoms with Gasteiger partial charge in [-0.25, -0.2) is 4.39 Å². The smallest absolute Gasteiger partial charge is 0.167 e. The molecular weight excluding hydrogens is 281 g/mol. The number of morpholine rings is 1. The van der Waals surface area contributed by atoms with Crippen LogP contribution in [0.5, 0.6) is 0 Å². The van der Waals surface area contributed by atoms with Gasteiger partial charge in [-0.2, -0.15) is 0 Å². The van der Waals surface area contributed by atoms with Crippen molar-refractivity contribution >= 4 is 17.4 Å². The molecule has 0 aliphatic carbocycles. The van der Waals surface area contributed by atoms with Crippen molar-refractivity contribution in [3.8, 4) is 0 Å². The Labute approximate surface area is 123 Å². The number of hydrogen-bond donors (Lipinski definition) is 0. The molecule has 0 radical (unpaired) electrons. The van der Waals surface area contributed by atoms with E-state index < -0.39 is 11.9 Å². The summed E-state index contributed by atoms with van der Waals surface area (Å²) in [5.41, 5.74) is 0.332. The van der Waals surface area contributed by atoms with Crippen LogP contribution in [-0.2, 0) is 16.0 Å². The number of halogens is 2. The third-order valence-corrected chi connectivity index (χ3v) is 3.66. The van der Waals surface area contributed by atoms with Crippen LogP contribution in [0.15, 0.2) is 18.2 Å². The van der Waals surface area contributed by atoms with Gasteiger partial charge in [0, 0.05) is 24.5 Å². The third kappa shape index (κ3) is 4.01. The zero-order valence-electron chi connectivity index (χ0n) is 11.6. The number of ether oxygens (including phenoxy) is 1. The number of hydrogen-bond acceptors (Lipinski definition) is 3. The second-order valence-electron chi connectivity index (χ2n) is 5.04. The molecule has 110 valence electrons. The lowest BCUT2D eigenvalue weighted by atomic mass is 10.0. The average Bonchev–Trinajstić information content (AvgIpc) is 2.43. The standard InChI is InChI=1S/C15H19ClFNO2/c1-2-5-18-6-7-20-15(10-18)14(19)9-11-8-12(16)3-4-13(11)17/h3-4,8,15H,2,5-7,9-10H2,1H3. The normalized spacial score (nSPS) is 20.1. The molecule has 1 heterocycles. The van der Waals surface area contributed by atoms with Crippen LogP contribution in [0.3, 0.4) is 0 Å². The summed E-state index contributed by atoms with van der Waals surface area (Å²) in [5.74, 6) is -0.490. The Balaban J connectivity index is 1.99. The molecule has 0 aromatic heterocycles. The second kappa shape index (κ2) is 7.16. The quantitative estimate of drug-likeness (QED) is 0.837. The second-order valence-corrected chi connectivity index (χ2v) is 5.48. The van der Waals surface area contributed by atoms with Gasteiger partial charge in [0.15, 0.2) is 5.78 Å². The average molecular weight is 300 g/mol. The Kier molecular flexibility index (Phi) is 5.52. The third-order valence-electron chi connectivity index (χ3n) is 3.42. The van der Waals surface area contributed by atoms with E-state index in [2.05, 4.69) is 11.8 Å².